The van der Waals surface area contributed by atoms with Crippen LogP contribution in [0.2, 0.25) is 0 Å². The molecule has 0 amide bonds. The quantitative estimate of drug-likeness (QED) is 0.661. The second-order valence-electron chi connectivity index (χ2n) is 2.82. The maximum atomic E-state index is 5.36. The van der Waals surface area contributed by atoms with E-state index in [1.165, 1.54) is 0 Å². The van der Waals surface area contributed by atoms with Gasteiger partial charge in [-0.15, -0.1) is 0 Å². The van der Waals surface area contributed by atoms with Crippen LogP contribution in [0, 0.1) is 0 Å². The van der Waals surface area contributed by atoms with Gasteiger partial charge in [-0.25, -0.2) is 0 Å². The molecule has 16 heavy (non-hydrogen) atoms. The largest absolute Gasteiger partial charge is 0.399 e. The summed E-state index contributed by atoms with van der Waals surface area (Å²) in [4.78, 5) is 0. The molecule has 0 aromatic heterocycles. The van der Waals surface area contributed by atoms with Gasteiger partial charge in [0.1, 0.15) is 0 Å². The molecule has 2 rings (SSSR count). The molecule has 0 fully saturated rings. The minimum absolute atomic E-state index is 0.822. The Kier molecular flexibility index (Phi) is 8.41. The van der Waals surface area contributed by atoms with Crippen molar-refractivity contribution in [3.05, 3.63) is 60.7 Å². The van der Waals surface area contributed by atoms with Crippen molar-refractivity contribution in [3.8, 4) is 0 Å². The monoisotopic (exact) mass is 216 g/mol. The van der Waals surface area contributed by atoms with Gasteiger partial charge in [0.15, 0.2) is 0 Å². The van der Waals surface area contributed by atoms with Gasteiger partial charge >= 0.3 is 0 Å². The number of anilines is 2. The van der Waals surface area contributed by atoms with Crippen molar-refractivity contribution in [1.29, 1.82) is 0 Å². The predicted octanol–water partition coefficient (Wildman–Crippen LogP) is 3.56. The standard InChI is InChI=1S/2C6H7N.C2H6/c2*7-6-4-2-1-3-5-6;1-2/h2*1-5H,7H2;1-2H3. The lowest BCUT2D eigenvalue weighted by atomic mass is 10.3. The van der Waals surface area contributed by atoms with Gasteiger partial charge in [-0.05, 0) is 24.3 Å². The third-order valence-electron chi connectivity index (χ3n) is 1.60. The molecule has 2 heteroatoms. The zero-order valence-electron chi connectivity index (χ0n) is 9.93. The highest BCUT2D eigenvalue weighted by atomic mass is 14.5. The van der Waals surface area contributed by atoms with Crippen LogP contribution in [0.25, 0.3) is 0 Å². The summed E-state index contributed by atoms with van der Waals surface area (Å²) in [5.74, 6) is 0. The first kappa shape index (κ1) is 14.0. The Morgan fingerprint density at radius 1 is 0.562 bits per heavy atom. The lowest BCUT2D eigenvalue weighted by molar-refractivity contribution is 1.50. The molecule has 0 unspecified atom stereocenters. The summed E-state index contributed by atoms with van der Waals surface area (Å²) in [5.41, 5.74) is 12.4. The SMILES string of the molecule is CC.Nc1ccccc1.Nc1ccccc1. The second-order valence-corrected chi connectivity index (χ2v) is 2.82. The normalized spacial score (nSPS) is 7.88. The second kappa shape index (κ2) is 9.59. The van der Waals surface area contributed by atoms with Gasteiger partial charge in [-0.2, -0.15) is 0 Å². The summed E-state index contributed by atoms with van der Waals surface area (Å²) >= 11 is 0. The lowest BCUT2D eigenvalue weighted by Crippen LogP contribution is -1.79. The number of para-hydroxylation sites is 2. The van der Waals surface area contributed by atoms with Gasteiger partial charge < -0.3 is 11.5 Å². The molecular weight excluding hydrogens is 196 g/mol. The highest BCUT2D eigenvalue weighted by molar-refractivity contribution is 5.36. The molecule has 86 valence electrons. The third-order valence-corrected chi connectivity index (χ3v) is 1.60. The van der Waals surface area contributed by atoms with Crippen LogP contribution in [0.15, 0.2) is 60.7 Å². The minimum Gasteiger partial charge on any atom is -0.399 e. The topological polar surface area (TPSA) is 52.0 Å². The Labute approximate surface area is 97.9 Å². The fourth-order valence-electron chi connectivity index (χ4n) is 0.906. The molecule has 0 aliphatic heterocycles. The van der Waals surface area contributed by atoms with Gasteiger partial charge in [0, 0.05) is 11.4 Å². The van der Waals surface area contributed by atoms with Crippen molar-refractivity contribution in [2.45, 2.75) is 13.8 Å². The third kappa shape index (κ3) is 7.44. The first-order chi connectivity index (χ1) is 7.79. The Morgan fingerprint density at radius 2 is 0.812 bits per heavy atom. The Morgan fingerprint density at radius 3 is 0.938 bits per heavy atom. The van der Waals surface area contributed by atoms with Gasteiger partial charge in [0.05, 0.1) is 0 Å². The van der Waals surface area contributed by atoms with E-state index in [9.17, 15) is 0 Å². The first-order valence-electron chi connectivity index (χ1n) is 5.40. The summed E-state index contributed by atoms with van der Waals surface area (Å²) in [6, 6.07) is 19.0. The van der Waals surface area contributed by atoms with Crippen LogP contribution in [-0.4, -0.2) is 0 Å². The number of rotatable bonds is 0. The highest BCUT2D eigenvalue weighted by Crippen LogP contribution is 1.96. The maximum Gasteiger partial charge on any atom is 0.0313 e. The molecule has 0 saturated carbocycles. The van der Waals surface area contributed by atoms with Crippen molar-refractivity contribution in [2.75, 3.05) is 11.5 Å². The molecular formula is C14H20N2. The van der Waals surface area contributed by atoms with Crippen molar-refractivity contribution in [2.24, 2.45) is 0 Å². The molecule has 0 spiro atoms. The zero-order chi connectivity index (χ0) is 12.2. The molecule has 0 aliphatic rings. The summed E-state index contributed by atoms with van der Waals surface area (Å²) in [7, 11) is 0. The molecule has 0 radical (unpaired) electrons. The molecule has 2 aromatic carbocycles. The molecule has 0 heterocycles. The van der Waals surface area contributed by atoms with E-state index in [0.717, 1.165) is 11.4 Å². The lowest BCUT2D eigenvalue weighted by Gasteiger charge is -1.83. The summed E-state index contributed by atoms with van der Waals surface area (Å²) < 4.78 is 0. The van der Waals surface area contributed by atoms with Crippen LogP contribution < -0.4 is 11.5 Å². The molecule has 0 aliphatic carbocycles. The van der Waals surface area contributed by atoms with E-state index < -0.39 is 0 Å². The molecule has 0 atom stereocenters. The van der Waals surface area contributed by atoms with Crippen molar-refractivity contribution < 1.29 is 0 Å². The van der Waals surface area contributed by atoms with E-state index in [-0.39, 0.29) is 0 Å². The Hall–Kier alpha value is -1.96. The van der Waals surface area contributed by atoms with Crippen molar-refractivity contribution in [3.63, 3.8) is 0 Å². The van der Waals surface area contributed by atoms with Crippen LogP contribution in [0.4, 0.5) is 11.4 Å². The molecule has 2 nitrogen and oxygen atoms in total. The zero-order valence-corrected chi connectivity index (χ0v) is 9.93. The van der Waals surface area contributed by atoms with E-state index in [1.807, 2.05) is 74.5 Å². The van der Waals surface area contributed by atoms with Crippen molar-refractivity contribution >= 4 is 11.4 Å². The average molecular weight is 216 g/mol. The van der Waals surface area contributed by atoms with Crippen molar-refractivity contribution in [1.82, 2.24) is 0 Å². The van der Waals surface area contributed by atoms with E-state index in [2.05, 4.69) is 0 Å². The number of benzene rings is 2. The smallest absolute Gasteiger partial charge is 0.0313 e. The Bertz CT molecular complexity index is 306. The molecule has 2 aromatic rings. The highest BCUT2D eigenvalue weighted by Gasteiger charge is 1.72. The predicted molar refractivity (Wildman–Crippen MR) is 73.1 cm³/mol. The fraction of sp³-hybridized carbons (Fsp3) is 0.143. The average Bonchev–Trinajstić information content (AvgIpc) is 2.34. The van der Waals surface area contributed by atoms with Gasteiger partial charge in [0.25, 0.3) is 0 Å². The number of nitrogens with two attached hydrogens (primary N) is 2. The van der Waals surface area contributed by atoms with Gasteiger partial charge in [-0.1, -0.05) is 50.2 Å². The summed E-state index contributed by atoms with van der Waals surface area (Å²) in [6.45, 7) is 4.00. The van der Waals surface area contributed by atoms with E-state index in [1.54, 1.807) is 0 Å². The van der Waals surface area contributed by atoms with Crippen LogP contribution in [-0.2, 0) is 0 Å². The Balaban J connectivity index is 0.000000244. The van der Waals surface area contributed by atoms with Crippen LogP contribution in [0.3, 0.4) is 0 Å². The summed E-state index contributed by atoms with van der Waals surface area (Å²) in [5, 5.41) is 0. The van der Waals surface area contributed by atoms with E-state index >= 15 is 0 Å². The van der Waals surface area contributed by atoms with Crippen LogP contribution in [0.1, 0.15) is 13.8 Å². The minimum atomic E-state index is 0.822. The number of nitrogen functional groups attached to an aromatic ring is 2. The van der Waals surface area contributed by atoms with Crippen LogP contribution >= 0.6 is 0 Å². The van der Waals surface area contributed by atoms with E-state index in [0.29, 0.717) is 0 Å². The van der Waals surface area contributed by atoms with Crippen LogP contribution in [0.5, 0.6) is 0 Å². The molecule has 0 bridgehead atoms. The summed E-state index contributed by atoms with van der Waals surface area (Å²) in [6.07, 6.45) is 0. The molecule has 4 N–H and O–H groups in total. The first-order valence-corrected chi connectivity index (χ1v) is 5.40. The van der Waals surface area contributed by atoms with E-state index in [4.69, 9.17) is 11.5 Å². The van der Waals surface area contributed by atoms with Gasteiger partial charge in [0.2, 0.25) is 0 Å². The van der Waals surface area contributed by atoms with Gasteiger partial charge in [-0.3, -0.25) is 0 Å². The number of hydrogen-bond acceptors (Lipinski definition) is 2. The fourth-order valence-corrected chi connectivity index (χ4v) is 0.906. The maximum absolute atomic E-state index is 5.36. The molecule has 0 saturated heterocycles. The number of hydrogen-bond donors (Lipinski definition) is 2.